The highest BCUT2D eigenvalue weighted by Crippen LogP contribution is 2.13. The molecule has 0 spiro atoms. The van der Waals surface area contributed by atoms with Crippen LogP contribution in [0.25, 0.3) is 0 Å². The highest BCUT2D eigenvalue weighted by molar-refractivity contribution is 14.2. The van der Waals surface area contributed by atoms with Crippen molar-refractivity contribution in [3.05, 3.63) is 0 Å². The molecule has 1 atom stereocenters. The first-order chi connectivity index (χ1) is 7.80. The lowest BCUT2D eigenvalue weighted by atomic mass is 10.2. The fourth-order valence-corrected chi connectivity index (χ4v) is 1.48. The largest absolute Gasteiger partial charge is 0.467 e. The van der Waals surface area contributed by atoms with Crippen molar-refractivity contribution >= 4 is 42.5 Å². The van der Waals surface area contributed by atoms with Gasteiger partial charge in [-0.15, -0.1) is 0 Å². The summed E-state index contributed by atoms with van der Waals surface area (Å²) in [5.41, 5.74) is -0.621. The van der Waals surface area contributed by atoms with E-state index < -0.39 is 23.7 Å². The second kappa shape index (κ2) is 7.98. The van der Waals surface area contributed by atoms with Crippen LogP contribution >= 0.6 is 30.4 Å². The molecular weight excluding hydrogens is 361 g/mol. The molecular formula is C9H16INO5S. The second-order valence-electron chi connectivity index (χ2n) is 4.07. The molecule has 100 valence electrons. The molecule has 8 heteroatoms. The van der Waals surface area contributed by atoms with E-state index in [0.717, 1.165) is 9.21 Å². The minimum atomic E-state index is -0.878. The molecule has 6 nitrogen and oxygen atoms in total. The van der Waals surface area contributed by atoms with Gasteiger partial charge in [0.05, 0.1) is 22.9 Å². The van der Waals surface area contributed by atoms with Crippen molar-refractivity contribution in [1.82, 2.24) is 5.32 Å². The molecule has 0 saturated heterocycles. The number of hydrogen-bond donors (Lipinski definition) is 1. The minimum Gasteiger partial charge on any atom is -0.467 e. The van der Waals surface area contributed by atoms with Crippen molar-refractivity contribution in [3.8, 4) is 0 Å². The summed E-state index contributed by atoms with van der Waals surface area (Å²) >= 11 is 1.91. The molecule has 1 N–H and O–H groups in total. The van der Waals surface area contributed by atoms with Gasteiger partial charge in [0.15, 0.2) is 6.04 Å². The van der Waals surface area contributed by atoms with Crippen LogP contribution in [0, 0.1) is 0 Å². The van der Waals surface area contributed by atoms with Gasteiger partial charge < -0.3 is 19.0 Å². The summed E-state index contributed by atoms with van der Waals surface area (Å²) in [6, 6.07) is -0.878. The summed E-state index contributed by atoms with van der Waals surface area (Å²) in [5.74, 6) is -0.582. The van der Waals surface area contributed by atoms with E-state index >= 15 is 0 Å². The van der Waals surface area contributed by atoms with Crippen LogP contribution in [0.2, 0.25) is 0 Å². The van der Waals surface area contributed by atoms with Crippen molar-refractivity contribution < 1.29 is 23.2 Å². The molecule has 17 heavy (non-hydrogen) atoms. The van der Waals surface area contributed by atoms with Crippen LogP contribution in [0.4, 0.5) is 4.79 Å². The molecule has 0 fully saturated rings. The SMILES string of the molecule is COC(=O)[C@H](COSI)NC(=O)OC(C)(C)C. The molecule has 0 bridgehead atoms. The number of hydrogen-bond acceptors (Lipinski definition) is 6. The van der Waals surface area contributed by atoms with Gasteiger partial charge in [-0.2, -0.15) is 0 Å². The zero-order valence-electron chi connectivity index (χ0n) is 10.1. The van der Waals surface area contributed by atoms with Crippen LogP contribution in [-0.4, -0.2) is 37.4 Å². The average Bonchev–Trinajstić information content (AvgIpc) is 2.20. The first-order valence-corrected chi connectivity index (χ1v) is 8.06. The Labute approximate surface area is 117 Å². The number of carbonyl (C=O) groups excluding carboxylic acids is 2. The summed E-state index contributed by atoms with van der Waals surface area (Å²) in [7, 11) is 2.31. The third-order valence-electron chi connectivity index (χ3n) is 1.46. The van der Waals surface area contributed by atoms with Crippen LogP contribution < -0.4 is 5.32 Å². The van der Waals surface area contributed by atoms with Gasteiger partial charge in [0.25, 0.3) is 0 Å². The Balaban J connectivity index is 4.32. The number of methoxy groups -OCH3 is 1. The molecule has 0 aliphatic heterocycles. The van der Waals surface area contributed by atoms with E-state index in [-0.39, 0.29) is 6.61 Å². The zero-order chi connectivity index (χ0) is 13.5. The number of esters is 1. The van der Waals surface area contributed by atoms with Crippen molar-refractivity contribution in [2.45, 2.75) is 32.4 Å². The van der Waals surface area contributed by atoms with Crippen molar-refractivity contribution in [2.75, 3.05) is 13.7 Å². The maximum Gasteiger partial charge on any atom is 0.408 e. The number of carbonyl (C=O) groups is 2. The standard InChI is InChI=1S/C9H16INO5S/c1-9(2,3)16-8(13)11-6(5-15-17-10)7(12)14-4/h6H,5H2,1-4H3,(H,11,13)/t6-/m0/s1. The fraction of sp³-hybridized carbons (Fsp3) is 0.778. The maximum absolute atomic E-state index is 11.4. The predicted molar refractivity (Wildman–Crippen MR) is 72.7 cm³/mol. The van der Waals surface area contributed by atoms with E-state index in [1.165, 1.54) is 7.11 Å². The van der Waals surface area contributed by atoms with E-state index in [0.29, 0.717) is 0 Å². The van der Waals surface area contributed by atoms with Crippen LogP contribution in [0.5, 0.6) is 0 Å². The van der Waals surface area contributed by atoms with E-state index in [2.05, 4.69) is 10.1 Å². The van der Waals surface area contributed by atoms with E-state index in [9.17, 15) is 9.59 Å². The van der Waals surface area contributed by atoms with Gasteiger partial charge in [0, 0.05) is 21.2 Å². The number of alkyl carbamates (subject to hydrolysis) is 1. The average molecular weight is 377 g/mol. The molecule has 0 radical (unpaired) electrons. The third kappa shape index (κ3) is 8.50. The molecule has 0 saturated carbocycles. The van der Waals surface area contributed by atoms with Gasteiger partial charge in [-0.05, 0) is 20.8 Å². The van der Waals surface area contributed by atoms with Gasteiger partial charge >= 0.3 is 12.1 Å². The summed E-state index contributed by atoms with van der Waals surface area (Å²) in [4.78, 5) is 22.8. The number of rotatable bonds is 5. The summed E-state index contributed by atoms with van der Waals surface area (Å²) < 4.78 is 14.5. The van der Waals surface area contributed by atoms with Gasteiger partial charge in [-0.1, -0.05) is 0 Å². The number of ether oxygens (including phenoxy) is 2. The quantitative estimate of drug-likeness (QED) is 0.449. The Morgan fingerprint density at radius 2 is 2.00 bits per heavy atom. The molecule has 0 unspecified atom stereocenters. The van der Waals surface area contributed by atoms with Crippen molar-refractivity contribution in [3.63, 3.8) is 0 Å². The Morgan fingerprint density at radius 3 is 2.41 bits per heavy atom. The van der Waals surface area contributed by atoms with Crippen molar-refractivity contribution in [2.24, 2.45) is 0 Å². The molecule has 0 aliphatic carbocycles. The van der Waals surface area contributed by atoms with Gasteiger partial charge in [0.2, 0.25) is 0 Å². The number of amides is 1. The highest BCUT2D eigenvalue weighted by atomic mass is 127. The number of halogens is 1. The van der Waals surface area contributed by atoms with Gasteiger partial charge in [-0.25, -0.2) is 9.59 Å². The van der Waals surface area contributed by atoms with Crippen molar-refractivity contribution in [1.29, 1.82) is 0 Å². The third-order valence-corrected chi connectivity index (χ3v) is 2.44. The monoisotopic (exact) mass is 377 g/mol. The summed E-state index contributed by atoms with van der Waals surface area (Å²) in [6.45, 7) is 5.21. The van der Waals surface area contributed by atoms with Crippen LogP contribution in [-0.2, 0) is 18.5 Å². The Bertz CT molecular complexity index is 269. The summed E-state index contributed by atoms with van der Waals surface area (Å²) in [5, 5.41) is 2.38. The molecule has 1 amide bonds. The smallest absolute Gasteiger partial charge is 0.408 e. The molecule has 0 rings (SSSR count). The first-order valence-electron chi connectivity index (χ1n) is 4.77. The van der Waals surface area contributed by atoms with E-state index in [4.69, 9.17) is 8.92 Å². The molecule has 0 aromatic carbocycles. The zero-order valence-corrected chi connectivity index (χ0v) is 13.1. The predicted octanol–water partition coefficient (Wildman–Crippen LogP) is 2.07. The topological polar surface area (TPSA) is 73.9 Å². The minimum absolute atomic E-state index is 0.0134. The Morgan fingerprint density at radius 1 is 1.41 bits per heavy atom. The maximum atomic E-state index is 11.4. The van der Waals surface area contributed by atoms with Crippen LogP contribution in [0.1, 0.15) is 20.8 Å². The molecule has 0 aliphatic rings. The molecule has 0 aromatic rings. The lowest BCUT2D eigenvalue weighted by molar-refractivity contribution is -0.143. The van der Waals surface area contributed by atoms with Crippen LogP contribution in [0.3, 0.4) is 0 Å². The van der Waals surface area contributed by atoms with Crippen LogP contribution in [0.15, 0.2) is 0 Å². The molecule has 0 aromatic heterocycles. The van der Waals surface area contributed by atoms with Gasteiger partial charge in [-0.3, -0.25) is 0 Å². The molecule has 0 heterocycles. The Hall–Kier alpha value is -0.220. The Kier molecular flexibility index (Phi) is 7.88. The van der Waals surface area contributed by atoms with E-state index in [1.807, 2.05) is 21.2 Å². The number of nitrogens with one attached hydrogen (secondary N) is 1. The lowest BCUT2D eigenvalue weighted by Gasteiger charge is -2.22. The summed E-state index contributed by atoms with van der Waals surface area (Å²) in [6.07, 6.45) is -0.685. The fourth-order valence-electron chi connectivity index (χ4n) is 0.854. The highest BCUT2D eigenvalue weighted by Gasteiger charge is 2.25. The lowest BCUT2D eigenvalue weighted by Crippen LogP contribution is -2.46. The normalized spacial score (nSPS) is 12.8. The first kappa shape index (κ1) is 16.8. The second-order valence-corrected chi connectivity index (χ2v) is 5.51. The van der Waals surface area contributed by atoms with Gasteiger partial charge in [0.1, 0.15) is 5.60 Å². The van der Waals surface area contributed by atoms with E-state index in [1.54, 1.807) is 20.8 Å².